The van der Waals surface area contributed by atoms with E-state index in [9.17, 15) is 13.6 Å². The fourth-order valence-corrected chi connectivity index (χ4v) is 1.88. The van der Waals surface area contributed by atoms with Gasteiger partial charge < -0.3 is 4.90 Å². The molecule has 3 nitrogen and oxygen atoms in total. The number of nitriles is 1. The van der Waals surface area contributed by atoms with Crippen molar-refractivity contribution in [2.24, 2.45) is 0 Å². The van der Waals surface area contributed by atoms with Crippen molar-refractivity contribution in [2.45, 2.75) is 6.54 Å². The zero-order chi connectivity index (χ0) is 13.5. The lowest BCUT2D eigenvalue weighted by Gasteiger charge is -2.16. The highest BCUT2D eigenvalue weighted by atomic mass is 32.2. The normalized spacial score (nSPS) is 9.89. The molecule has 0 spiro atoms. The quantitative estimate of drug-likeness (QED) is 0.770. The van der Waals surface area contributed by atoms with E-state index < -0.39 is 11.6 Å². The minimum atomic E-state index is -0.924. The highest BCUT2D eigenvalue weighted by molar-refractivity contribution is 8.00. The van der Waals surface area contributed by atoms with Crippen LogP contribution in [0, 0.1) is 23.0 Å². The molecule has 0 aliphatic heterocycles. The fraction of sp³-hybridized carbons (Fsp3) is 0.333. The summed E-state index contributed by atoms with van der Waals surface area (Å²) in [5, 5.41) is 8.34. The largest absolute Gasteiger partial charge is 0.341 e. The number of halogens is 2. The Kier molecular flexibility index (Phi) is 5.59. The minimum Gasteiger partial charge on any atom is -0.341 e. The van der Waals surface area contributed by atoms with Crippen molar-refractivity contribution in [3.63, 3.8) is 0 Å². The first kappa shape index (κ1) is 14.5. The molecule has 1 aromatic rings. The third kappa shape index (κ3) is 4.34. The van der Waals surface area contributed by atoms with Crippen molar-refractivity contribution < 1.29 is 13.6 Å². The zero-order valence-electron chi connectivity index (χ0n) is 9.82. The Morgan fingerprint density at radius 3 is 2.78 bits per heavy atom. The summed E-state index contributed by atoms with van der Waals surface area (Å²) in [7, 11) is 1.58. The summed E-state index contributed by atoms with van der Waals surface area (Å²) in [6.45, 7) is 0.211. The van der Waals surface area contributed by atoms with Crippen molar-refractivity contribution in [2.75, 3.05) is 18.6 Å². The number of hydrogen-bond donors (Lipinski definition) is 0. The van der Waals surface area contributed by atoms with Crippen molar-refractivity contribution in [3.8, 4) is 6.07 Å². The number of hydrogen-bond acceptors (Lipinski definition) is 3. The molecule has 1 rings (SSSR count). The number of thioether (sulfide) groups is 1. The lowest BCUT2D eigenvalue weighted by atomic mass is 10.2. The third-order valence-corrected chi connectivity index (χ3v) is 3.01. The van der Waals surface area contributed by atoms with Gasteiger partial charge in [0.1, 0.15) is 0 Å². The van der Waals surface area contributed by atoms with Gasteiger partial charge in [0.2, 0.25) is 5.91 Å². The summed E-state index contributed by atoms with van der Waals surface area (Å²) in [5.41, 5.74) is 0.523. The van der Waals surface area contributed by atoms with Gasteiger partial charge in [-0.2, -0.15) is 5.26 Å². The molecule has 1 amide bonds. The van der Waals surface area contributed by atoms with Crippen molar-refractivity contribution in [3.05, 3.63) is 35.4 Å². The van der Waals surface area contributed by atoms with Crippen molar-refractivity contribution >= 4 is 17.7 Å². The van der Waals surface area contributed by atoms with E-state index in [1.807, 2.05) is 6.07 Å². The minimum absolute atomic E-state index is 0.153. The number of rotatable bonds is 5. The average Bonchev–Trinajstić information content (AvgIpc) is 2.34. The summed E-state index contributed by atoms with van der Waals surface area (Å²) in [5.74, 6) is -1.53. The summed E-state index contributed by atoms with van der Waals surface area (Å²) >= 11 is 1.22. The van der Waals surface area contributed by atoms with Gasteiger partial charge in [-0.25, -0.2) is 8.78 Å². The van der Waals surface area contributed by atoms with Crippen LogP contribution in [-0.4, -0.2) is 29.4 Å². The monoisotopic (exact) mass is 270 g/mol. The van der Waals surface area contributed by atoms with Gasteiger partial charge in [0.15, 0.2) is 11.6 Å². The smallest absolute Gasteiger partial charge is 0.232 e. The van der Waals surface area contributed by atoms with E-state index in [1.54, 1.807) is 7.05 Å². The Morgan fingerprint density at radius 1 is 1.44 bits per heavy atom. The van der Waals surface area contributed by atoms with E-state index in [-0.39, 0.29) is 24.0 Å². The number of nitrogens with zero attached hydrogens (tertiary/aromatic N) is 2. The van der Waals surface area contributed by atoms with E-state index in [0.717, 1.165) is 12.1 Å². The van der Waals surface area contributed by atoms with E-state index in [4.69, 9.17) is 5.26 Å². The van der Waals surface area contributed by atoms with Crippen LogP contribution in [0.2, 0.25) is 0 Å². The van der Waals surface area contributed by atoms with Crippen LogP contribution in [0.25, 0.3) is 0 Å². The second-order valence-corrected chi connectivity index (χ2v) is 4.63. The van der Waals surface area contributed by atoms with Crippen LogP contribution in [0.5, 0.6) is 0 Å². The molecule has 0 atom stereocenters. The second-order valence-electron chi connectivity index (χ2n) is 3.65. The van der Waals surface area contributed by atoms with Gasteiger partial charge in [-0.05, 0) is 17.7 Å². The first-order chi connectivity index (χ1) is 8.54. The number of carbonyl (C=O) groups excluding carboxylic acids is 1. The molecule has 18 heavy (non-hydrogen) atoms. The Bertz CT molecular complexity index is 474. The maximum Gasteiger partial charge on any atom is 0.232 e. The number of benzene rings is 1. The van der Waals surface area contributed by atoms with E-state index in [2.05, 4.69) is 0 Å². The third-order valence-electron chi connectivity index (χ3n) is 2.22. The summed E-state index contributed by atoms with van der Waals surface area (Å²) in [6.07, 6.45) is 0. The predicted octanol–water partition coefficient (Wildman–Crippen LogP) is 2.18. The molecular weight excluding hydrogens is 258 g/mol. The van der Waals surface area contributed by atoms with E-state index in [1.165, 1.54) is 22.7 Å². The Balaban J connectivity index is 2.53. The zero-order valence-corrected chi connectivity index (χ0v) is 10.6. The van der Waals surface area contributed by atoms with Crippen LogP contribution >= 0.6 is 11.8 Å². The Hall–Kier alpha value is -1.61. The van der Waals surface area contributed by atoms with E-state index in [0.29, 0.717) is 5.56 Å². The molecule has 0 saturated heterocycles. The average molecular weight is 270 g/mol. The van der Waals surface area contributed by atoms with Crippen LogP contribution < -0.4 is 0 Å². The maximum absolute atomic E-state index is 13.0. The Morgan fingerprint density at radius 2 is 2.17 bits per heavy atom. The van der Waals surface area contributed by atoms with Crippen molar-refractivity contribution in [1.29, 1.82) is 5.26 Å². The Labute approximate surface area is 108 Å². The van der Waals surface area contributed by atoms with Crippen molar-refractivity contribution in [1.82, 2.24) is 4.90 Å². The van der Waals surface area contributed by atoms with Crippen LogP contribution in [-0.2, 0) is 11.3 Å². The second kappa shape index (κ2) is 6.97. The maximum atomic E-state index is 13.0. The van der Waals surface area contributed by atoms with Crippen LogP contribution in [0.15, 0.2) is 18.2 Å². The van der Waals surface area contributed by atoms with Gasteiger partial charge in [0.25, 0.3) is 0 Å². The molecule has 0 unspecified atom stereocenters. The highest BCUT2D eigenvalue weighted by Gasteiger charge is 2.10. The van der Waals surface area contributed by atoms with Gasteiger partial charge in [-0.3, -0.25) is 4.79 Å². The number of amides is 1. The van der Waals surface area contributed by atoms with Gasteiger partial charge >= 0.3 is 0 Å². The molecule has 0 radical (unpaired) electrons. The molecule has 0 fully saturated rings. The SMILES string of the molecule is CN(Cc1ccc(F)c(F)c1)C(=O)CSCC#N. The molecule has 96 valence electrons. The van der Waals surface area contributed by atoms with Crippen LogP contribution in [0.3, 0.4) is 0 Å². The van der Waals surface area contributed by atoms with Gasteiger partial charge in [0, 0.05) is 13.6 Å². The molecular formula is C12H12F2N2OS. The van der Waals surface area contributed by atoms with Gasteiger partial charge in [-0.15, -0.1) is 11.8 Å². The fourth-order valence-electron chi connectivity index (χ4n) is 1.29. The first-order valence-corrected chi connectivity index (χ1v) is 6.32. The summed E-state index contributed by atoms with van der Waals surface area (Å²) < 4.78 is 25.7. The van der Waals surface area contributed by atoms with Gasteiger partial charge in [-0.1, -0.05) is 6.07 Å². The number of carbonyl (C=O) groups is 1. The van der Waals surface area contributed by atoms with Gasteiger partial charge in [0.05, 0.1) is 17.6 Å². The molecule has 0 aliphatic carbocycles. The molecule has 1 aromatic carbocycles. The molecule has 0 aromatic heterocycles. The lowest BCUT2D eigenvalue weighted by Crippen LogP contribution is -2.27. The standard InChI is InChI=1S/C12H12F2N2OS/c1-16(12(17)8-18-5-4-15)7-9-2-3-10(13)11(14)6-9/h2-3,6H,5,7-8H2,1H3. The molecule has 0 aliphatic rings. The summed E-state index contributed by atoms with van der Waals surface area (Å²) in [4.78, 5) is 13.0. The van der Waals surface area contributed by atoms with Crippen LogP contribution in [0.4, 0.5) is 8.78 Å². The predicted molar refractivity (Wildman–Crippen MR) is 65.8 cm³/mol. The molecule has 0 bridgehead atoms. The topological polar surface area (TPSA) is 44.1 Å². The van der Waals surface area contributed by atoms with Crippen LogP contribution in [0.1, 0.15) is 5.56 Å². The lowest BCUT2D eigenvalue weighted by molar-refractivity contribution is -0.127. The molecule has 0 heterocycles. The highest BCUT2D eigenvalue weighted by Crippen LogP contribution is 2.11. The molecule has 0 saturated carbocycles. The molecule has 6 heteroatoms. The first-order valence-electron chi connectivity index (χ1n) is 5.17. The van der Waals surface area contributed by atoms with E-state index >= 15 is 0 Å². The molecule has 0 N–H and O–H groups in total. The summed E-state index contributed by atoms with van der Waals surface area (Å²) in [6, 6.07) is 5.47.